The maximum atomic E-state index is 14.1. The number of carbonyl (C=O) groups is 1. The molecule has 2 aromatic carbocycles. The zero-order chi connectivity index (χ0) is 20.6. The molecule has 146 valence electrons. The van der Waals surface area contributed by atoms with E-state index < -0.39 is 54.4 Å². The number of nitrogens with zero attached hydrogens (tertiary/aromatic N) is 1. The third-order valence-electron chi connectivity index (χ3n) is 3.25. The molecule has 0 fully saturated rings. The Morgan fingerprint density at radius 2 is 1.26 bits per heavy atom. The van der Waals surface area contributed by atoms with Gasteiger partial charge < -0.3 is 0 Å². The summed E-state index contributed by atoms with van der Waals surface area (Å²) in [6.45, 7) is 0. The number of rotatable bonds is 3. The summed E-state index contributed by atoms with van der Waals surface area (Å²) in [5.74, 6) is -2.20. The van der Waals surface area contributed by atoms with Gasteiger partial charge in [-0.2, -0.15) is 34.8 Å². The first-order valence-corrected chi connectivity index (χ1v) is 8.28. The third kappa shape index (κ3) is 4.38. The summed E-state index contributed by atoms with van der Waals surface area (Å²) in [4.78, 5) is 11.2. The maximum Gasteiger partial charge on any atom is 0.416 e. The highest BCUT2D eigenvalue weighted by Gasteiger charge is 2.39. The summed E-state index contributed by atoms with van der Waals surface area (Å²) in [7, 11) is -5.13. The standard InChI is InChI=1S/C15H8F7NO3S/c16-14(17,18)10-6-9(7-11(8-10)15(19,20)21)13(24)23(22)27(25,26)12-4-2-1-3-5-12/h1-8H. The lowest BCUT2D eigenvalue weighted by molar-refractivity contribution is -0.143. The molecular weight excluding hydrogens is 407 g/mol. The Morgan fingerprint density at radius 3 is 1.67 bits per heavy atom. The van der Waals surface area contributed by atoms with Gasteiger partial charge in [-0.1, -0.05) is 27.2 Å². The van der Waals surface area contributed by atoms with Gasteiger partial charge in [0.05, 0.1) is 16.0 Å². The summed E-state index contributed by atoms with van der Waals surface area (Å²) >= 11 is 0. The van der Waals surface area contributed by atoms with Gasteiger partial charge in [0.25, 0.3) is 15.9 Å². The summed E-state index contributed by atoms with van der Waals surface area (Å²) in [5.41, 5.74) is -5.20. The van der Waals surface area contributed by atoms with E-state index in [-0.39, 0.29) is 18.2 Å². The van der Waals surface area contributed by atoms with Crippen molar-refractivity contribution in [2.75, 3.05) is 0 Å². The van der Waals surface area contributed by atoms with Crippen molar-refractivity contribution in [3.8, 4) is 0 Å². The molecule has 0 aromatic heterocycles. The van der Waals surface area contributed by atoms with E-state index in [0.29, 0.717) is 0 Å². The molecule has 0 bridgehead atoms. The van der Waals surface area contributed by atoms with Crippen LogP contribution in [0, 0.1) is 0 Å². The molecule has 0 aliphatic heterocycles. The molecule has 0 saturated carbocycles. The third-order valence-corrected chi connectivity index (χ3v) is 4.70. The molecule has 2 aromatic rings. The number of benzene rings is 2. The predicted molar refractivity (Wildman–Crippen MR) is 77.4 cm³/mol. The van der Waals surface area contributed by atoms with Gasteiger partial charge in [0.15, 0.2) is 0 Å². The van der Waals surface area contributed by atoms with E-state index in [4.69, 9.17) is 0 Å². The fourth-order valence-corrected chi connectivity index (χ4v) is 2.98. The second kappa shape index (κ2) is 6.83. The summed E-state index contributed by atoms with van der Waals surface area (Å²) in [6.07, 6.45) is -10.6. The molecule has 4 nitrogen and oxygen atoms in total. The van der Waals surface area contributed by atoms with Crippen LogP contribution in [0.4, 0.5) is 30.8 Å². The van der Waals surface area contributed by atoms with Gasteiger partial charge in [0, 0.05) is 5.56 Å². The first-order valence-electron chi connectivity index (χ1n) is 6.84. The Bertz CT molecular complexity index is 921. The fourth-order valence-electron chi connectivity index (χ4n) is 1.97. The number of amides is 1. The van der Waals surface area contributed by atoms with E-state index in [2.05, 4.69) is 0 Å². The molecule has 27 heavy (non-hydrogen) atoms. The number of sulfonamides is 1. The van der Waals surface area contributed by atoms with Gasteiger partial charge >= 0.3 is 12.4 Å². The van der Waals surface area contributed by atoms with E-state index >= 15 is 0 Å². The lowest BCUT2D eigenvalue weighted by atomic mass is 10.0. The van der Waals surface area contributed by atoms with E-state index in [1.165, 1.54) is 18.2 Å². The van der Waals surface area contributed by atoms with Crippen molar-refractivity contribution in [3.05, 3.63) is 65.2 Å². The van der Waals surface area contributed by atoms with Crippen LogP contribution >= 0.6 is 0 Å². The molecule has 12 heteroatoms. The minimum absolute atomic E-state index is 0.0648. The van der Waals surface area contributed by atoms with Crippen LogP contribution in [0.1, 0.15) is 21.5 Å². The molecule has 0 unspecified atom stereocenters. The summed E-state index contributed by atoms with van der Waals surface area (Å²) in [6, 6.07) is 5.10. The van der Waals surface area contributed by atoms with Crippen LogP contribution in [0.3, 0.4) is 0 Å². The van der Waals surface area contributed by atoms with E-state index in [9.17, 15) is 44.0 Å². The van der Waals surface area contributed by atoms with Crippen molar-refractivity contribution < 1.29 is 44.0 Å². The van der Waals surface area contributed by atoms with Crippen LogP contribution in [0.5, 0.6) is 0 Å². The molecule has 0 atom stereocenters. The molecule has 0 saturated heterocycles. The topological polar surface area (TPSA) is 54.5 Å². The number of alkyl halides is 6. The molecule has 0 spiro atoms. The van der Waals surface area contributed by atoms with Crippen molar-refractivity contribution >= 4 is 15.9 Å². The Hall–Kier alpha value is -2.63. The molecule has 0 radical (unpaired) electrons. The van der Waals surface area contributed by atoms with E-state index in [1.807, 2.05) is 0 Å². The van der Waals surface area contributed by atoms with Crippen LogP contribution in [0.15, 0.2) is 53.4 Å². The zero-order valence-corrected chi connectivity index (χ0v) is 13.7. The smallest absolute Gasteiger partial charge is 0.265 e. The maximum absolute atomic E-state index is 14.1. The quantitative estimate of drug-likeness (QED) is 0.550. The zero-order valence-electron chi connectivity index (χ0n) is 12.8. The van der Waals surface area contributed by atoms with Crippen LogP contribution in [0.25, 0.3) is 0 Å². The van der Waals surface area contributed by atoms with Crippen molar-refractivity contribution in [1.29, 1.82) is 0 Å². The van der Waals surface area contributed by atoms with Crippen LogP contribution < -0.4 is 0 Å². The van der Waals surface area contributed by atoms with Crippen LogP contribution in [0.2, 0.25) is 0 Å². The molecule has 0 N–H and O–H groups in total. The lowest BCUT2D eigenvalue weighted by Gasteiger charge is -2.16. The summed E-state index contributed by atoms with van der Waals surface area (Å²) < 4.78 is 113. The molecule has 0 heterocycles. The van der Waals surface area contributed by atoms with Gasteiger partial charge in [-0.15, -0.1) is 0 Å². The average molecular weight is 415 g/mol. The van der Waals surface area contributed by atoms with Crippen LogP contribution in [-0.2, 0) is 22.4 Å². The average Bonchev–Trinajstić information content (AvgIpc) is 2.59. The first kappa shape index (κ1) is 20.7. The van der Waals surface area contributed by atoms with Crippen molar-refractivity contribution in [2.45, 2.75) is 17.2 Å². The second-order valence-electron chi connectivity index (χ2n) is 5.13. The van der Waals surface area contributed by atoms with Gasteiger partial charge in [-0.05, 0) is 30.3 Å². The molecular formula is C15H8F7NO3S. The lowest BCUT2D eigenvalue weighted by Crippen LogP contribution is -2.30. The number of hydrogen-bond acceptors (Lipinski definition) is 3. The Morgan fingerprint density at radius 1 is 0.815 bits per heavy atom. The highest BCUT2D eigenvalue weighted by atomic mass is 32.2. The monoisotopic (exact) mass is 415 g/mol. The largest absolute Gasteiger partial charge is 0.416 e. The van der Waals surface area contributed by atoms with Gasteiger partial charge in [-0.25, -0.2) is 0 Å². The molecule has 0 aliphatic rings. The molecule has 0 aliphatic carbocycles. The van der Waals surface area contributed by atoms with Gasteiger partial charge in [0.2, 0.25) is 0 Å². The fraction of sp³-hybridized carbons (Fsp3) is 0.133. The van der Waals surface area contributed by atoms with Crippen molar-refractivity contribution in [3.63, 3.8) is 0 Å². The SMILES string of the molecule is O=C(c1cc(C(F)(F)F)cc(C(F)(F)F)c1)N(F)S(=O)(=O)c1ccccc1. The van der Waals surface area contributed by atoms with E-state index in [0.717, 1.165) is 12.1 Å². The van der Waals surface area contributed by atoms with Gasteiger partial charge in [-0.3, -0.25) is 4.79 Å². The Kier molecular flexibility index (Phi) is 5.23. The minimum Gasteiger partial charge on any atom is -0.265 e. The molecule has 2 rings (SSSR count). The van der Waals surface area contributed by atoms with Crippen LogP contribution in [-0.4, -0.2) is 18.9 Å². The first-order chi connectivity index (χ1) is 12.2. The van der Waals surface area contributed by atoms with E-state index in [1.54, 1.807) is 0 Å². The number of halogens is 7. The molecule has 1 amide bonds. The van der Waals surface area contributed by atoms with Crippen molar-refractivity contribution in [2.24, 2.45) is 0 Å². The number of carbonyl (C=O) groups excluding carboxylic acids is 1. The van der Waals surface area contributed by atoms with Gasteiger partial charge in [0.1, 0.15) is 0 Å². The Balaban J connectivity index is 2.55. The highest BCUT2D eigenvalue weighted by Crippen LogP contribution is 2.36. The second-order valence-corrected chi connectivity index (χ2v) is 6.87. The predicted octanol–water partition coefficient (Wildman–Crippen LogP) is 4.44. The Labute approximate surface area is 147 Å². The summed E-state index contributed by atoms with van der Waals surface area (Å²) in [5, 5.41) is 0. The van der Waals surface area contributed by atoms with Crippen molar-refractivity contribution in [1.82, 2.24) is 4.53 Å². The number of hydrogen-bond donors (Lipinski definition) is 0. The normalized spacial score (nSPS) is 12.7. The minimum atomic E-state index is -5.28. The highest BCUT2D eigenvalue weighted by molar-refractivity contribution is 7.89.